The summed E-state index contributed by atoms with van der Waals surface area (Å²) in [6.45, 7) is 1.97. The van der Waals surface area contributed by atoms with Crippen LogP contribution in [-0.4, -0.2) is 55.4 Å². The first-order valence-electron chi connectivity index (χ1n) is 8.84. The second kappa shape index (κ2) is 8.10. The average molecular weight is 352 g/mol. The van der Waals surface area contributed by atoms with Crippen LogP contribution in [0.25, 0.3) is 0 Å². The highest BCUT2D eigenvalue weighted by molar-refractivity contribution is 6.08. The Morgan fingerprint density at radius 3 is 2.77 bits per heavy atom. The lowest BCUT2D eigenvalue weighted by atomic mass is 10.0. The zero-order chi connectivity index (χ0) is 18.5. The second-order valence-corrected chi connectivity index (χ2v) is 6.71. The first-order chi connectivity index (χ1) is 12.6. The number of nitrogens with one attached hydrogen (secondary N) is 1. The maximum atomic E-state index is 13.0. The number of hydrogen-bond acceptors (Lipinski definition) is 4. The number of carbonyl (C=O) groups is 2. The van der Waals surface area contributed by atoms with Crippen molar-refractivity contribution in [3.05, 3.63) is 59.4 Å². The number of rotatable bonds is 5. The Labute approximate surface area is 153 Å². The maximum Gasteiger partial charge on any atom is 0.259 e. The highest BCUT2D eigenvalue weighted by Crippen LogP contribution is 2.28. The van der Waals surface area contributed by atoms with Gasteiger partial charge in [-0.1, -0.05) is 18.2 Å². The minimum absolute atomic E-state index is 0.118. The molecule has 6 nitrogen and oxygen atoms in total. The summed E-state index contributed by atoms with van der Waals surface area (Å²) in [5.41, 5.74) is 2.96. The van der Waals surface area contributed by atoms with Crippen LogP contribution in [0.3, 0.4) is 0 Å². The Bertz CT molecular complexity index is 804. The lowest BCUT2D eigenvalue weighted by Gasteiger charge is -2.29. The van der Waals surface area contributed by atoms with Crippen molar-refractivity contribution in [1.82, 2.24) is 15.2 Å². The molecule has 2 aromatic rings. The van der Waals surface area contributed by atoms with E-state index in [-0.39, 0.29) is 11.8 Å². The van der Waals surface area contributed by atoms with E-state index in [2.05, 4.69) is 16.4 Å². The fourth-order valence-electron chi connectivity index (χ4n) is 3.08. The van der Waals surface area contributed by atoms with Gasteiger partial charge in [0, 0.05) is 37.7 Å². The number of hydrogen-bond donors (Lipinski definition) is 1. The van der Waals surface area contributed by atoms with Crippen molar-refractivity contribution in [1.29, 1.82) is 0 Å². The molecule has 1 aromatic heterocycles. The number of amides is 2. The van der Waals surface area contributed by atoms with Gasteiger partial charge in [0.25, 0.3) is 11.8 Å². The van der Waals surface area contributed by atoms with Gasteiger partial charge in [-0.05, 0) is 44.6 Å². The lowest BCUT2D eigenvalue weighted by Crippen LogP contribution is -2.36. The number of likely N-dealkylation sites (N-methyl/N-ethyl adjacent to an activating group) is 1. The van der Waals surface area contributed by atoms with E-state index in [9.17, 15) is 9.59 Å². The van der Waals surface area contributed by atoms with E-state index in [1.165, 1.54) is 18.0 Å². The van der Waals surface area contributed by atoms with Crippen LogP contribution in [0.2, 0.25) is 0 Å². The molecule has 0 atom stereocenters. The number of anilines is 1. The summed E-state index contributed by atoms with van der Waals surface area (Å²) in [5, 5.41) is 2.85. The third-order valence-corrected chi connectivity index (χ3v) is 4.45. The Hall–Kier alpha value is -2.73. The maximum absolute atomic E-state index is 13.0. The number of fused-ring (bicyclic) bond motifs is 1. The molecule has 0 unspecified atom stereocenters. The molecule has 0 saturated heterocycles. The molecular weight excluding hydrogens is 328 g/mol. The topological polar surface area (TPSA) is 65.5 Å². The first kappa shape index (κ1) is 18.1. The molecule has 1 aromatic carbocycles. The molecule has 3 rings (SSSR count). The van der Waals surface area contributed by atoms with Crippen LogP contribution in [0.4, 0.5) is 5.69 Å². The molecule has 1 N–H and O–H groups in total. The summed E-state index contributed by atoms with van der Waals surface area (Å²) in [5.74, 6) is -0.333. The molecule has 136 valence electrons. The normalized spacial score (nSPS) is 13.4. The van der Waals surface area contributed by atoms with Crippen LogP contribution in [-0.2, 0) is 6.42 Å². The largest absolute Gasteiger partial charge is 0.351 e. The third-order valence-electron chi connectivity index (χ3n) is 4.45. The van der Waals surface area contributed by atoms with Gasteiger partial charge in [-0.2, -0.15) is 0 Å². The Balaban J connectivity index is 1.76. The molecule has 26 heavy (non-hydrogen) atoms. The number of aryl methyl sites for hydroxylation is 1. The van der Waals surface area contributed by atoms with Crippen molar-refractivity contribution in [3.8, 4) is 0 Å². The molecule has 1 aliphatic heterocycles. The summed E-state index contributed by atoms with van der Waals surface area (Å²) in [4.78, 5) is 33.1. The third kappa shape index (κ3) is 4.08. The van der Waals surface area contributed by atoms with Crippen LogP contribution >= 0.6 is 0 Å². The number of nitrogens with zero attached hydrogens (tertiary/aromatic N) is 3. The molecule has 0 radical (unpaired) electrons. The first-order valence-corrected chi connectivity index (χ1v) is 8.84. The van der Waals surface area contributed by atoms with Crippen LogP contribution in [0.15, 0.2) is 42.7 Å². The van der Waals surface area contributed by atoms with Crippen molar-refractivity contribution in [2.45, 2.75) is 12.8 Å². The highest BCUT2D eigenvalue weighted by Gasteiger charge is 2.24. The molecule has 1 aliphatic rings. The van der Waals surface area contributed by atoms with Crippen LogP contribution in [0.1, 0.15) is 32.7 Å². The van der Waals surface area contributed by atoms with E-state index in [1.807, 2.05) is 37.2 Å². The molecule has 6 heteroatoms. The number of para-hydroxylation sites is 1. The molecule has 0 bridgehead atoms. The Morgan fingerprint density at radius 1 is 1.19 bits per heavy atom. The van der Waals surface area contributed by atoms with Crippen LogP contribution in [0, 0.1) is 0 Å². The van der Waals surface area contributed by atoms with Gasteiger partial charge in [-0.15, -0.1) is 0 Å². The zero-order valence-corrected chi connectivity index (χ0v) is 15.2. The van der Waals surface area contributed by atoms with E-state index < -0.39 is 0 Å². The lowest BCUT2D eigenvalue weighted by molar-refractivity contribution is 0.0950. The van der Waals surface area contributed by atoms with E-state index >= 15 is 0 Å². The van der Waals surface area contributed by atoms with Crippen molar-refractivity contribution in [3.63, 3.8) is 0 Å². The molecule has 2 heterocycles. The van der Waals surface area contributed by atoms with Gasteiger partial charge in [0.05, 0.1) is 11.1 Å². The standard InChI is InChI=1S/C20H24N4O2/c1-23(2)11-9-22-19(25)16-12-17(14-21-13-16)20(26)24-10-5-7-15-6-3-4-8-18(15)24/h3-4,6,8,12-14H,5,7,9-11H2,1-2H3,(H,22,25). The molecule has 0 fully saturated rings. The van der Waals surface area contributed by atoms with Crippen molar-refractivity contribution < 1.29 is 9.59 Å². The van der Waals surface area contributed by atoms with Gasteiger partial charge < -0.3 is 15.1 Å². The van der Waals surface area contributed by atoms with E-state index in [4.69, 9.17) is 0 Å². The predicted molar refractivity (Wildman–Crippen MR) is 102 cm³/mol. The Morgan fingerprint density at radius 2 is 1.96 bits per heavy atom. The molecular formula is C20H24N4O2. The smallest absolute Gasteiger partial charge is 0.259 e. The van der Waals surface area contributed by atoms with E-state index in [0.717, 1.165) is 25.1 Å². The van der Waals surface area contributed by atoms with Crippen molar-refractivity contribution in [2.24, 2.45) is 0 Å². The van der Waals surface area contributed by atoms with Gasteiger partial charge >= 0.3 is 0 Å². The van der Waals surface area contributed by atoms with Gasteiger partial charge in [0.1, 0.15) is 0 Å². The molecule has 2 amide bonds. The molecule has 0 aliphatic carbocycles. The van der Waals surface area contributed by atoms with Crippen molar-refractivity contribution in [2.75, 3.05) is 38.6 Å². The zero-order valence-electron chi connectivity index (χ0n) is 15.2. The minimum Gasteiger partial charge on any atom is -0.351 e. The van der Waals surface area contributed by atoms with Crippen LogP contribution < -0.4 is 10.2 Å². The van der Waals surface area contributed by atoms with Gasteiger partial charge in [0.2, 0.25) is 0 Å². The van der Waals surface area contributed by atoms with Crippen LogP contribution in [0.5, 0.6) is 0 Å². The molecule has 0 spiro atoms. The summed E-state index contributed by atoms with van der Waals surface area (Å²) in [6, 6.07) is 9.58. The van der Waals surface area contributed by atoms with Gasteiger partial charge in [-0.25, -0.2) is 0 Å². The average Bonchev–Trinajstić information content (AvgIpc) is 2.66. The summed E-state index contributed by atoms with van der Waals surface area (Å²) < 4.78 is 0. The Kier molecular flexibility index (Phi) is 5.63. The highest BCUT2D eigenvalue weighted by atomic mass is 16.2. The number of aromatic nitrogens is 1. The quantitative estimate of drug-likeness (QED) is 0.893. The second-order valence-electron chi connectivity index (χ2n) is 6.71. The summed E-state index contributed by atoms with van der Waals surface area (Å²) in [7, 11) is 3.90. The predicted octanol–water partition coefficient (Wildman–Crippen LogP) is 1.97. The number of carbonyl (C=O) groups excluding carboxylic acids is 2. The number of pyridine rings is 1. The summed E-state index contributed by atoms with van der Waals surface area (Å²) >= 11 is 0. The van der Waals surface area contributed by atoms with Gasteiger partial charge in [-0.3, -0.25) is 14.6 Å². The number of benzene rings is 1. The molecule has 0 saturated carbocycles. The van der Waals surface area contributed by atoms with E-state index in [0.29, 0.717) is 24.2 Å². The van der Waals surface area contributed by atoms with Gasteiger partial charge in [0.15, 0.2) is 0 Å². The SMILES string of the molecule is CN(C)CCNC(=O)c1cncc(C(=O)N2CCCc3ccccc32)c1. The minimum atomic E-state index is -0.215. The monoisotopic (exact) mass is 352 g/mol. The van der Waals surface area contributed by atoms with E-state index in [1.54, 1.807) is 11.0 Å². The fraction of sp³-hybridized carbons (Fsp3) is 0.350. The summed E-state index contributed by atoms with van der Waals surface area (Å²) in [6.07, 6.45) is 4.93. The van der Waals surface area contributed by atoms with Crippen molar-refractivity contribution >= 4 is 17.5 Å². The fourth-order valence-corrected chi connectivity index (χ4v) is 3.08.